The number of ether oxygens (including phenoxy) is 1. The van der Waals surface area contributed by atoms with E-state index in [9.17, 15) is 18.0 Å². The number of alkyl halides is 3. The number of hydrogen-bond acceptors (Lipinski definition) is 3. The number of hydrogen-bond donors (Lipinski definition) is 2. The first-order chi connectivity index (χ1) is 10.9. The summed E-state index contributed by atoms with van der Waals surface area (Å²) in [7, 11) is 1.51. The third-order valence-corrected chi connectivity index (χ3v) is 3.93. The third kappa shape index (κ3) is 5.30. The Balaban J connectivity index is 1.77. The lowest BCUT2D eigenvalue weighted by molar-refractivity contribution is -0.183. The fourth-order valence-corrected chi connectivity index (χ4v) is 2.67. The minimum absolute atomic E-state index is 0.0546. The Labute approximate surface area is 132 Å². The van der Waals surface area contributed by atoms with Crippen LogP contribution in [-0.4, -0.2) is 30.3 Å². The van der Waals surface area contributed by atoms with E-state index in [0.29, 0.717) is 18.7 Å². The lowest BCUT2D eigenvalue weighted by atomic mass is 9.85. The van der Waals surface area contributed by atoms with Crippen molar-refractivity contribution in [3.8, 4) is 5.88 Å². The molecule has 0 aromatic carbocycles. The molecular formula is C15H20F3N3O2. The van der Waals surface area contributed by atoms with Crippen LogP contribution in [0.5, 0.6) is 5.88 Å². The number of nitrogens with zero attached hydrogens (tertiary/aromatic N) is 1. The molecule has 2 N–H and O–H groups in total. The predicted molar refractivity (Wildman–Crippen MR) is 78.0 cm³/mol. The van der Waals surface area contributed by atoms with Gasteiger partial charge in [-0.1, -0.05) is 12.5 Å². The van der Waals surface area contributed by atoms with Gasteiger partial charge in [0.05, 0.1) is 13.0 Å². The molecule has 1 aliphatic carbocycles. The zero-order valence-corrected chi connectivity index (χ0v) is 12.8. The van der Waals surface area contributed by atoms with Crippen LogP contribution in [-0.2, 0) is 6.54 Å². The van der Waals surface area contributed by atoms with Crippen molar-refractivity contribution in [1.82, 2.24) is 15.6 Å². The molecular weight excluding hydrogens is 311 g/mol. The second kappa shape index (κ2) is 7.52. The second-order valence-electron chi connectivity index (χ2n) is 5.64. The molecule has 2 rings (SSSR count). The number of carbonyl (C=O) groups excluding carboxylic acids is 1. The first-order valence-electron chi connectivity index (χ1n) is 7.48. The van der Waals surface area contributed by atoms with Crippen LogP contribution in [0.3, 0.4) is 0 Å². The van der Waals surface area contributed by atoms with Gasteiger partial charge in [-0.15, -0.1) is 0 Å². The number of urea groups is 1. The maximum atomic E-state index is 12.7. The molecule has 0 spiro atoms. The van der Waals surface area contributed by atoms with Crippen LogP contribution >= 0.6 is 0 Å². The Kier molecular flexibility index (Phi) is 5.68. The van der Waals surface area contributed by atoms with Gasteiger partial charge in [-0.25, -0.2) is 9.78 Å². The molecule has 2 atom stereocenters. The first-order valence-corrected chi connectivity index (χ1v) is 7.48. The number of nitrogens with one attached hydrogen (secondary N) is 2. The molecule has 0 unspecified atom stereocenters. The van der Waals surface area contributed by atoms with E-state index in [1.54, 1.807) is 18.3 Å². The summed E-state index contributed by atoms with van der Waals surface area (Å²) in [4.78, 5) is 15.8. The predicted octanol–water partition coefficient (Wildman–Crippen LogP) is 3.01. The van der Waals surface area contributed by atoms with Crippen molar-refractivity contribution in [3.63, 3.8) is 0 Å². The highest BCUT2D eigenvalue weighted by molar-refractivity contribution is 5.74. The van der Waals surface area contributed by atoms with Crippen LogP contribution in [0.25, 0.3) is 0 Å². The van der Waals surface area contributed by atoms with Crippen molar-refractivity contribution in [2.75, 3.05) is 7.11 Å². The van der Waals surface area contributed by atoms with Crippen molar-refractivity contribution < 1.29 is 22.7 Å². The van der Waals surface area contributed by atoms with Crippen LogP contribution in [0.15, 0.2) is 18.3 Å². The number of carbonyl (C=O) groups is 1. The van der Waals surface area contributed by atoms with E-state index < -0.39 is 24.2 Å². The van der Waals surface area contributed by atoms with E-state index in [1.165, 1.54) is 7.11 Å². The molecule has 0 radical (unpaired) electrons. The number of aromatic nitrogens is 1. The van der Waals surface area contributed by atoms with Crippen LogP contribution in [0.1, 0.15) is 31.2 Å². The molecule has 1 aromatic rings. The molecule has 5 nitrogen and oxygen atoms in total. The molecule has 128 valence electrons. The number of methoxy groups -OCH3 is 1. The standard InChI is InChI=1S/C15H20F3N3O2/c1-23-13-6-5-10(8-19-13)9-20-14(22)21-12-4-2-3-11(7-12)15(16,17)18/h5-6,8,11-12H,2-4,7,9H2,1H3,(H2,20,21,22)/t11-,12-/m0/s1. The van der Waals surface area contributed by atoms with Crippen molar-refractivity contribution in [2.24, 2.45) is 5.92 Å². The molecule has 23 heavy (non-hydrogen) atoms. The van der Waals surface area contributed by atoms with E-state index in [-0.39, 0.29) is 19.4 Å². The van der Waals surface area contributed by atoms with Crippen molar-refractivity contribution in [2.45, 2.75) is 44.4 Å². The smallest absolute Gasteiger partial charge is 0.391 e. The van der Waals surface area contributed by atoms with Crippen LogP contribution in [0.2, 0.25) is 0 Å². The molecule has 0 saturated heterocycles. The molecule has 0 aliphatic heterocycles. The highest BCUT2D eigenvalue weighted by atomic mass is 19.4. The minimum atomic E-state index is -4.19. The summed E-state index contributed by atoms with van der Waals surface area (Å²) in [5.41, 5.74) is 0.776. The van der Waals surface area contributed by atoms with Crippen molar-refractivity contribution in [3.05, 3.63) is 23.9 Å². The van der Waals surface area contributed by atoms with Gasteiger partial charge in [-0.3, -0.25) is 0 Å². The Morgan fingerprint density at radius 3 is 2.78 bits per heavy atom. The topological polar surface area (TPSA) is 63.2 Å². The monoisotopic (exact) mass is 331 g/mol. The van der Waals surface area contributed by atoms with E-state index in [0.717, 1.165) is 5.56 Å². The van der Waals surface area contributed by atoms with Gasteiger partial charge in [0.15, 0.2) is 0 Å². The number of rotatable bonds is 4. The number of halogens is 3. The van der Waals surface area contributed by atoms with E-state index >= 15 is 0 Å². The lowest BCUT2D eigenvalue weighted by Crippen LogP contribution is -2.45. The van der Waals surface area contributed by atoms with Gasteiger partial charge in [-0.05, 0) is 24.8 Å². The molecule has 1 aliphatic rings. The normalized spacial score (nSPS) is 21.6. The van der Waals surface area contributed by atoms with E-state index in [4.69, 9.17) is 4.74 Å². The molecule has 8 heteroatoms. The first kappa shape index (κ1) is 17.4. The second-order valence-corrected chi connectivity index (χ2v) is 5.64. The fourth-order valence-electron chi connectivity index (χ4n) is 2.67. The zero-order valence-electron chi connectivity index (χ0n) is 12.8. The Bertz CT molecular complexity index is 520. The number of amides is 2. The van der Waals surface area contributed by atoms with Crippen molar-refractivity contribution >= 4 is 6.03 Å². The van der Waals surface area contributed by atoms with Crippen LogP contribution in [0.4, 0.5) is 18.0 Å². The average Bonchev–Trinajstić information content (AvgIpc) is 2.53. The zero-order chi connectivity index (χ0) is 16.9. The Morgan fingerprint density at radius 1 is 1.39 bits per heavy atom. The van der Waals surface area contributed by atoms with Gasteiger partial charge in [0, 0.05) is 24.8 Å². The highest BCUT2D eigenvalue weighted by Gasteiger charge is 2.42. The summed E-state index contributed by atoms with van der Waals surface area (Å²) >= 11 is 0. The fraction of sp³-hybridized carbons (Fsp3) is 0.600. The van der Waals surface area contributed by atoms with Gasteiger partial charge < -0.3 is 15.4 Å². The van der Waals surface area contributed by atoms with Gasteiger partial charge >= 0.3 is 12.2 Å². The summed E-state index contributed by atoms with van der Waals surface area (Å²) in [6.45, 7) is 0.248. The summed E-state index contributed by atoms with van der Waals surface area (Å²) in [5, 5.41) is 5.24. The molecule has 1 heterocycles. The minimum Gasteiger partial charge on any atom is -0.481 e. The average molecular weight is 331 g/mol. The molecule has 1 saturated carbocycles. The van der Waals surface area contributed by atoms with Crippen molar-refractivity contribution in [1.29, 1.82) is 0 Å². The summed E-state index contributed by atoms with van der Waals surface area (Å²) in [6, 6.07) is 2.52. The maximum absolute atomic E-state index is 12.7. The third-order valence-electron chi connectivity index (χ3n) is 3.93. The van der Waals surface area contributed by atoms with Gasteiger partial charge in [0.25, 0.3) is 0 Å². The Morgan fingerprint density at radius 2 is 2.17 bits per heavy atom. The summed E-state index contributed by atoms with van der Waals surface area (Å²) in [6.07, 6.45) is -1.49. The lowest BCUT2D eigenvalue weighted by Gasteiger charge is -2.31. The molecule has 1 fully saturated rings. The molecule has 2 amide bonds. The quantitative estimate of drug-likeness (QED) is 0.891. The summed E-state index contributed by atoms with van der Waals surface area (Å²) < 4.78 is 43.1. The van der Waals surface area contributed by atoms with Gasteiger partial charge in [-0.2, -0.15) is 13.2 Å². The largest absolute Gasteiger partial charge is 0.481 e. The summed E-state index contributed by atoms with van der Waals surface area (Å²) in [5.74, 6) is -0.856. The Hall–Kier alpha value is -1.99. The number of pyridine rings is 1. The SMILES string of the molecule is COc1ccc(CNC(=O)N[C@H]2CCC[C@H](C(F)(F)F)C2)cn1. The maximum Gasteiger partial charge on any atom is 0.391 e. The highest BCUT2D eigenvalue weighted by Crippen LogP contribution is 2.37. The van der Waals surface area contributed by atoms with Gasteiger partial charge in [0.2, 0.25) is 5.88 Å². The molecule has 1 aromatic heterocycles. The van der Waals surface area contributed by atoms with E-state index in [1.807, 2.05) is 0 Å². The van der Waals surface area contributed by atoms with E-state index in [2.05, 4.69) is 15.6 Å². The van der Waals surface area contributed by atoms with Crippen LogP contribution < -0.4 is 15.4 Å². The molecule has 0 bridgehead atoms. The van der Waals surface area contributed by atoms with Crippen LogP contribution in [0, 0.1) is 5.92 Å². The van der Waals surface area contributed by atoms with Gasteiger partial charge in [0.1, 0.15) is 0 Å².